The fourth-order valence-electron chi connectivity index (χ4n) is 2.71. The highest BCUT2D eigenvalue weighted by atomic mass is 16.4. The summed E-state index contributed by atoms with van der Waals surface area (Å²) in [6.45, 7) is 0.293. The van der Waals surface area contributed by atoms with Crippen LogP contribution in [0.4, 0.5) is 0 Å². The molecule has 10 heteroatoms. The standard InChI is InChI=1S/C18H26N4O6/c19-8-2-6-17(21,15(25)26)13(23)11-4-1-5-12(10-11)14(24)18(22,16(27)28)7-3-9-20/h1,4-5,10H,2-3,6-9,19-22H2,(H,25,26)(H,27,28). The van der Waals surface area contributed by atoms with Crippen molar-refractivity contribution < 1.29 is 29.4 Å². The molecule has 10 nitrogen and oxygen atoms in total. The van der Waals surface area contributed by atoms with Crippen LogP contribution in [-0.2, 0) is 9.59 Å². The number of carboxylic acids is 2. The van der Waals surface area contributed by atoms with Crippen molar-refractivity contribution in [1.29, 1.82) is 0 Å². The molecule has 0 bridgehead atoms. The molecular weight excluding hydrogens is 368 g/mol. The maximum Gasteiger partial charge on any atom is 0.331 e. The summed E-state index contributed by atoms with van der Waals surface area (Å²) in [6, 6.07) is 5.03. The van der Waals surface area contributed by atoms with Crippen molar-refractivity contribution in [1.82, 2.24) is 0 Å². The molecule has 0 amide bonds. The molecule has 0 heterocycles. The lowest BCUT2D eigenvalue weighted by atomic mass is 9.82. The minimum absolute atomic E-state index is 0.140. The van der Waals surface area contributed by atoms with Crippen molar-refractivity contribution in [2.24, 2.45) is 22.9 Å². The molecule has 0 saturated heterocycles. The van der Waals surface area contributed by atoms with Crippen molar-refractivity contribution in [2.75, 3.05) is 13.1 Å². The summed E-state index contributed by atoms with van der Waals surface area (Å²) in [5.74, 6) is -4.88. The van der Waals surface area contributed by atoms with Gasteiger partial charge in [-0.2, -0.15) is 0 Å². The van der Waals surface area contributed by atoms with Gasteiger partial charge in [0.1, 0.15) is 0 Å². The van der Waals surface area contributed by atoms with Gasteiger partial charge in [0.15, 0.2) is 22.6 Å². The highest BCUT2D eigenvalue weighted by molar-refractivity contribution is 6.19. The van der Waals surface area contributed by atoms with Gasteiger partial charge < -0.3 is 33.1 Å². The van der Waals surface area contributed by atoms with Crippen LogP contribution in [0, 0.1) is 0 Å². The average Bonchev–Trinajstić information content (AvgIpc) is 2.68. The Morgan fingerprint density at radius 3 is 1.43 bits per heavy atom. The molecule has 2 atom stereocenters. The Morgan fingerprint density at radius 2 is 1.14 bits per heavy atom. The summed E-state index contributed by atoms with van der Waals surface area (Å²) in [5.41, 5.74) is 17.6. The quantitative estimate of drug-likeness (QED) is 0.190. The number of aliphatic carboxylic acids is 2. The second kappa shape index (κ2) is 9.51. The van der Waals surface area contributed by atoms with Crippen LogP contribution in [0.2, 0.25) is 0 Å². The van der Waals surface area contributed by atoms with E-state index in [2.05, 4.69) is 0 Å². The molecule has 0 fully saturated rings. The van der Waals surface area contributed by atoms with E-state index in [0.29, 0.717) is 0 Å². The minimum atomic E-state index is -2.22. The SMILES string of the molecule is NCCCC(N)(C(=O)O)C(=O)c1cccc(C(=O)C(N)(CCCN)C(=O)O)c1. The van der Waals surface area contributed by atoms with E-state index in [-0.39, 0.29) is 49.9 Å². The van der Waals surface area contributed by atoms with Crippen molar-refractivity contribution >= 4 is 23.5 Å². The second-order valence-corrected chi connectivity index (χ2v) is 6.58. The maximum atomic E-state index is 12.7. The van der Waals surface area contributed by atoms with Crippen LogP contribution in [0.25, 0.3) is 0 Å². The summed E-state index contributed by atoms with van der Waals surface area (Å²) >= 11 is 0. The number of ketones is 2. The fraction of sp³-hybridized carbons (Fsp3) is 0.444. The first kappa shape index (κ1) is 23.4. The van der Waals surface area contributed by atoms with Gasteiger partial charge in [-0.1, -0.05) is 18.2 Å². The maximum absolute atomic E-state index is 12.7. The zero-order valence-corrected chi connectivity index (χ0v) is 15.4. The molecule has 1 aromatic rings. The third-order valence-corrected chi connectivity index (χ3v) is 4.51. The molecule has 154 valence electrons. The number of carbonyl (C=O) groups is 4. The smallest absolute Gasteiger partial charge is 0.331 e. The first-order valence-corrected chi connectivity index (χ1v) is 8.69. The Kier molecular flexibility index (Phi) is 7.94. The molecule has 1 rings (SSSR count). The van der Waals surface area contributed by atoms with Gasteiger partial charge in [0.2, 0.25) is 0 Å². The number of rotatable bonds is 12. The predicted octanol–water partition coefficient (Wildman–Crippen LogP) is -0.906. The molecule has 2 unspecified atom stereocenters. The topological polar surface area (TPSA) is 213 Å². The van der Waals surface area contributed by atoms with Crippen LogP contribution in [0.15, 0.2) is 24.3 Å². The lowest BCUT2D eigenvalue weighted by Gasteiger charge is -2.25. The number of nitrogens with two attached hydrogens (primary N) is 4. The van der Waals surface area contributed by atoms with Gasteiger partial charge in [-0.15, -0.1) is 0 Å². The van der Waals surface area contributed by atoms with Crippen LogP contribution in [-0.4, -0.2) is 57.9 Å². The van der Waals surface area contributed by atoms with Crippen LogP contribution < -0.4 is 22.9 Å². The summed E-state index contributed by atoms with van der Waals surface area (Å²) < 4.78 is 0. The number of carboxylic acid groups (broad SMARTS) is 2. The van der Waals surface area contributed by atoms with Gasteiger partial charge >= 0.3 is 11.9 Å². The average molecular weight is 394 g/mol. The van der Waals surface area contributed by atoms with Crippen LogP contribution in [0.5, 0.6) is 0 Å². The van der Waals surface area contributed by atoms with E-state index in [4.69, 9.17) is 22.9 Å². The summed E-state index contributed by atoms with van der Waals surface area (Å²) in [7, 11) is 0. The van der Waals surface area contributed by atoms with E-state index < -0.39 is 34.6 Å². The summed E-state index contributed by atoms with van der Waals surface area (Å²) in [6.07, 6.45) is 0.0267. The van der Waals surface area contributed by atoms with Crippen molar-refractivity contribution in [3.63, 3.8) is 0 Å². The molecule has 0 aromatic heterocycles. The molecule has 0 aliphatic heterocycles. The van der Waals surface area contributed by atoms with E-state index >= 15 is 0 Å². The Morgan fingerprint density at radius 1 is 0.786 bits per heavy atom. The number of Topliss-reactive ketones (excluding diaryl/α,β-unsaturated/α-hetero) is 2. The fourth-order valence-corrected chi connectivity index (χ4v) is 2.71. The lowest BCUT2D eigenvalue weighted by Crippen LogP contribution is -2.56. The zero-order valence-electron chi connectivity index (χ0n) is 15.4. The van der Waals surface area contributed by atoms with Crippen LogP contribution in [0.3, 0.4) is 0 Å². The molecule has 0 spiro atoms. The van der Waals surface area contributed by atoms with Crippen molar-refractivity contribution in [2.45, 2.75) is 36.8 Å². The summed E-state index contributed by atoms with van der Waals surface area (Å²) in [5, 5.41) is 18.8. The van der Waals surface area contributed by atoms with Gasteiger partial charge in [0.05, 0.1) is 0 Å². The highest BCUT2D eigenvalue weighted by Crippen LogP contribution is 2.22. The largest absolute Gasteiger partial charge is 0.480 e. The summed E-state index contributed by atoms with van der Waals surface area (Å²) in [4.78, 5) is 48.6. The molecule has 1 aromatic carbocycles. The molecule has 0 aliphatic rings. The van der Waals surface area contributed by atoms with Gasteiger partial charge in [0, 0.05) is 11.1 Å². The molecule has 0 saturated carbocycles. The number of benzene rings is 1. The Balaban J connectivity index is 3.30. The van der Waals surface area contributed by atoms with E-state index in [1.807, 2.05) is 0 Å². The third-order valence-electron chi connectivity index (χ3n) is 4.51. The predicted molar refractivity (Wildman–Crippen MR) is 101 cm³/mol. The third kappa shape index (κ3) is 4.78. The van der Waals surface area contributed by atoms with Crippen LogP contribution >= 0.6 is 0 Å². The van der Waals surface area contributed by atoms with Gasteiger partial charge in [-0.05, 0) is 44.8 Å². The molecule has 28 heavy (non-hydrogen) atoms. The van der Waals surface area contributed by atoms with Crippen molar-refractivity contribution in [3.8, 4) is 0 Å². The van der Waals surface area contributed by atoms with Gasteiger partial charge in [-0.25, -0.2) is 9.59 Å². The van der Waals surface area contributed by atoms with E-state index in [1.165, 1.54) is 18.2 Å². The molecule has 0 radical (unpaired) electrons. The number of hydrogen-bond donors (Lipinski definition) is 6. The van der Waals surface area contributed by atoms with Gasteiger partial charge in [0.25, 0.3) is 0 Å². The monoisotopic (exact) mass is 394 g/mol. The second-order valence-electron chi connectivity index (χ2n) is 6.58. The molecule has 0 aliphatic carbocycles. The Hall–Kier alpha value is -2.66. The normalized spacial score (nSPS) is 15.3. The van der Waals surface area contributed by atoms with Gasteiger partial charge in [-0.3, -0.25) is 9.59 Å². The van der Waals surface area contributed by atoms with E-state index in [9.17, 15) is 29.4 Å². The Labute approximate surface area is 161 Å². The van der Waals surface area contributed by atoms with E-state index in [0.717, 1.165) is 6.07 Å². The molecule has 10 N–H and O–H groups in total. The Bertz CT molecular complexity index is 709. The highest BCUT2D eigenvalue weighted by Gasteiger charge is 2.44. The minimum Gasteiger partial charge on any atom is -0.480 e. The van der Waals surface area contributed by atoms with E-state index in [1.54, 1.807) is 0 Å². The first-order chi connectivity index (χ1) is 13.0. The lowest BCUT2D eigenvalue weighted by molar-refractivity contribution is -0.142. The number of carbonyl (C=O) groups excluding carboxylic acids is 2. The molecular formula is C18H26N4O6. The van der Waals surface area contributed by atoms with Crippen LogP contribution in [0.1, 0.15) is 46.4 Å². The van der Waals surface area contributed by atoms with Crippen molar-refractivity contribution in [3.05, 3.63) is 35.4 Å². The number of hydrogen-bond acceptors (Lipinski definition) is 8. The first-order valence-electron chi connectivity index (χ1n) is 8.69. The zero-order chi connectivity index (χ0) is 21.5.